The van der Waals surface area contributed by atoms with Crippen LogP contribution in [0.3, 0.4) is 0 Å². The average molecular weight is 328 g/mol. The van der Waals surface area contributed by atoms with Crippen molar-refractivity contribution >= 4 is 21.6 Å². The number of hydrogen-bond donors (Lipinski definition) is 1. The van der Waals surface area contributed by atoms with Crippen molar-refractivity contribution in [1.82, 2.24) is 0 Å². The van der Waals surface area contributed by atoms with Crippen LogP contribution in [0.4, 0.5) is 5.69 Å². The summed E-state index contributed by atoms with van der Waals surface area (Å²) in [6, 6.07) is 6.18. The van der Waals surface area contributed by atoms with E-state index in [9.17, 15) is 5.11 Å². The molecule has 0 heterocycles. The molecule has 19 heavy (non-hydrogen) atoms. The topological polar surface area (TPSA) is 23.5 Å². The molecule has 2 nitrogen and oxygen atoms in total. The molecule has 0 saturated carbocycles. The Hall–Kier alpha value is -0.540. The van der Waals surface area contributed by atoms with Gasteiger partial charge in [-0.25, -0.2) is 0 Å². The van der Waals surface area contributed by atoms with E-state index in [4.69, 9.17) is 0 Å². The van der Waals surface area contributed by atoms with Gasteiger partial charge < -0.3 is 10.0 Å². The minimum Gasteiger partial charge on any atom is -0.389 e. The van der Waals surface area contributed by atoms with Crippen LogP contribution < -0.4 is 4.90 Å². The third-order valence-electron chi connectivity index (χ3n) is 2.95. The molecule has 0 radical (unpaired) electrons. The smallest absolute Gasteiger partial charge is 0.0782 e. The Morgan fingerprint density at radius 2 is 1.58 bits per heavy atom. The summed E-state index contributed by atoms with van der Waals surface area (Å²) in [4.78, 5) is 2.39. The predicted molar refractivity (Wildman–Crippen MR) is 86.7 cm³/mol. The zero-order valence-electron chi connectivity index (χ0n) is 12.7. The van der Waals surface area contributed by atoms with E-state index in [0.717, 1.165) is 28.8 Å². The van der Waals surface area contributed by atoms with Crippen molar-refractivity contribution in [2.45, 2.75) is 40.7 Å². The number of benzene rings is 1. The lowest BCUT2D eigenvalue weighted by Gasteiger charge is -2.31. The maximum absolute atomic E-state index is 10.00. The summed E-state index contributed by atoms with van der Waals surface area (Å²) in [5.74, 6) is 1.20. The van der Waals surface area contributed by atoms with E-state index in [1.165, 1.54) is 0 Å². The number of hydrogen-bond acceptors (Lipinski definition) is 2. The lowest BCUT2D eigenvalue weighted by atomic mass is 10.0. The van der Waals surface area contributed by atoms with Crippen LogP contribution in [0, 0.1) is 11.8 Å². The Labute approximate surface area is 126 Å². The summed E-state index contributed by atoms with van der Waals surface area (Å²) in [5.41, 5.74) is 2.15. The van der Waals surface area contributed by atoms with Gasteiger partial charge in [0.1, 0.15) is 0 Å². The van der Waals surface area contributed by atoms with Gasteiger partial charge in [0, 0.05) is 28.8 Å². The molecule has 0 saturated heterocycles. The molecule has 0 spiro atoms. The maximum Gasteiger partial charge on any atom is 0.0782 e. The van der Waals surface area contributed by atoms with Gasteiger partial charge >= 0.3 is 0 Å². The lowest BCUT2D eigenvalue weighted by Crippen LogP contribution is -2.32. The fourth-order valence-corrected chi connectivity index (χ4v) is 2.68. The Kier molecular flexibility index (Phi) is 6.34. The maximum atomic E-state index is 10.00. The molecular formula is C16H26BrNO. The van der Waals surface area contributed by atoms with Gasteiger partial charge in [-0.15, -0.1) is 0 Å². The lowest BCUT2D eigenvalue weighted by molar-refractivity contribution is 0.199. The van der Waals surface area contributed by atoms with Crippen molar-refractivity contribution in [1.29, 1.82) is 0 Å². The molecule has 1 rings (SSSR count). The second-order valence-corrected chi connectivity index (χ2v) is 6.99. The Balaban J connectivity index is 3.13. The van der Waals surface area contributed by atoms with Crippen LogP contribution in [0.15, 0.2) is 22.7 Å². The Morgan fingerprint density at radius 3 is 2.00 bits per heavy atom. The van der Waals surface area contributed by atoms with Crippen molar-refractivity contribution < 1.29 is 5.11 Å². The summed E-state index contributed by atoms with van der Waals surface area (Å²) in [6.45, 7) is 12.8. The van der Waals surface area contributed by atoms with E-state index in [-0.39, 0.29) is 0 Å². The predicted octanol–water partition coefficient (Wildman–Crippen LogP) is 4.62. The summed E-state index contributed by atoms with van der Waals surface area (Å²) in [6.07, 6.45) is -0.450. The molecule has 0 amide bonds. The molecule has 1 atom stereocenters. The molecule has 1 aromatic rings. The first kappa shape index (κ1) is 16.5. The third-order valence-corrected chi connectivity index (χ3v) is 3.44. The first-order chi connectivity index (χ1) is 8.81. The highest BCUT2D eigenvalue weighted by atomic mass is 79.9. The first-order valence-electron chi connectivity index (χ1n) is 7.03. The minimum absolute atomic E-state index is 0.450. The van der Waals surface area contributed by atoms with Gasteiger partial charge in [0.25, 0.3) is 0 Å². The standard InChI is InChI=1S/C16H26BrNO/c1-11(2)9-18(10-12(3)4)16-7-6-14(17)8-15(16)13(5)19/h6-8,11-13,19H,9-10H2,1-5H3. The SMILES string of the molecule is CC(C)CN(CC(C)C)c1ccc(Br)cc1C(C)O. The summed E-state index contributed by atoms with van der Waals surface area (Å²) in [5, 5.41) is 10.00. The molecule has 3 heteroatoms. The van der Waals surface area contributed by atoms with E-state index in [1.54, 1.807) is 0 Å². The third kappa shape index (κ3) is 5.15. The zero-order chi connectivity index (χ0) is 14.6. The Morgan fingerprint density at radius 1 is 1.05 bits per heavy atom. The number of rotatable bonds is 6. The molecule has 0 aliphatic heterocycles. The van der Waals surface area contributed by atoms with Crippen molar-refractivity contribution in [3.8, 4) is 0 Å². The van der Waals surface area contributed by atoms with Crippen LogP contribution in [0.2, 0.25) is 0 Å². The van der Waals surface area contributed by atoms with E-state index < -0.39 is 6.10 Å². The van der Waals surface area contributed by atoms with Gasteiger partial charge in [-0.2, -0.15) is 0 Å². The van der Waals surface area contributed by atoms with E-state index in [2.05, 4.69) is 60.7 Å². The van der Waals surface area contributed by atoms with E-state index >= 15 is 0 Å². The normalized spacial score (nSPS) is 13.1. The highest BCUT2D eigenvalue weighted by Gasteiger charge is 2.16. The minimum atomic E-state index is -0.450. The summed E-state index contributed by atoms with van der Waals surface area (Å²) < 4.78 is 1.01. The monoisotopic (exact) mass is 327 g/mol. The molecular weight excluding hydrogens is 302 g/mol. The number of halogens is 1. The molecule has 0 bridgehead atoms. The molecule has 1 aromatic carbocycles. The van der Waals surface area contributed by atoms with Gasteiger partial charge in [-0.05, 0) is 37.0 Å². The average Bonchev–Trinajstić information content (AvgIpc) is 2.26. The molecule has 1 N–H and O–H groups in total. The second kappa shape index (κ2) is 7.30. The van der Waals surface area contributed by atoms with Crippen molar-refractivity contribution in [3.63, 3.8) is 0 Å². The molecule has 1 unspecified atom stereocenters. The van der Waals surface area contributed by atoms with Crippen LogP contribution in [-0.2, 0) is 0 Å². The van der Waals surface area contributed by atoms with Gasteiger partial charge in [0.05, 0.1) is 6.10 Å². The van der Waals surface area contributed by atoms with E-state index in [0.29, 0.717) is 11.8 Å². The Bertz CT molecular complexity index is 392. The van der Waals surface area contributed by atoms with Crippen molar-refractivity contribution in [2.24, 2.45) is 11.8 Å². The molecule has 0 aliphatic rings. The van der Waals surface area contributed by atoms with Crippen LogP contribution in [-0.4, -0.2) is 18.2 Å². The molecule has 0 aromatic heterocycles. The van der Waals surface area contributed by atoms with Crippen LogP contribution in [0.25, 0.3) is 0 Å². The highest BCUT2D eigenvalue weighted by Crippen LogP contribution is 2.30. The van der Waals surface area contributed by atoms with Crippen LogP contribution in [0.5, 0.6) is 0 Å². The van der Waals surface area contributed by atoms with Crippen LogP contribution >= 0.6 is 15.9 Å². The summed E-state index contributed by atoms with van der Waals surface area (Å²) in [7, 11) is 0. The van der Waals surface area contributed by atoms with E-state index in [1.807, 2.05) is 13.0 Å². The first-order valence-corrected chi connectivity index (χ1v) is 7.83. The fraction of sp³-hybridized carbons (Fsp3) is 0.625. The fourth-order valence-electron chi connectivity index (χ4n) is 2.30. The molecule has 0 fully saturated rings. The van der Waals surface area contributed by atoms with Gasteiger partial charge in [-0.1, -0.05) is 43.6 Å². The second-order valence-electron chi connectivity index (χ2n) is 6.07. The number of nitrogens with zero attached hydrogens (tertiary/aromatic N) is 1. The number of aliphatic hydroxyl groups is 1. The molecule has 0 aliphatic carbocycles. The number of aliphatic hydroxyl groups excluding tert-OH is 1. The van der Waals surface area contributed by atoms with Gasteiger partial charge in [0.15, 0.2) is 0 Å². The largest absolute Gasteiger partial charge is 0.389 e. The number of anilines is 1. The molecule has 108 valence electrons. The summed E-state index contributed by atoms with van der Waals surface area (Å²) >= 11 is 3.49. The van der Waals surface area contributed by atoms with Crippen molar-refractivity contribution in [3.05, 3.63) is 28.2 Å². The highest BCUT2D eigenvalue weighted by molar-refractivity contribution is 9.10. The zero-order valence-corrected chi connectivity index (χ0v) is 14.2. The quantitative estimate of drug-likeness (QED) is 0.823. The van der Waals surface area contributed by atoms with Gasteiger partial charge in [0.2, 0.25) is 0 Å². The van der Waals surface area contributed by atoms with Crippen molar-refractivity contribution in [2.75, 3.05) is 18.0 Å². The van der Waals surface area contributed by atoms with Crippen LogP contribution in [0.1, 0.15) is 46.3 Å². The van der Waals surface area contributed by atoms with Gasteiger partial charge in [-0.3, -0.25) is 0 Å².